The molecule has 5 rings (SSSR count). The predicted molar refractivity (Wildman–Crippen MR) is 103 cm³/mol. The maximum absolute atomic E-state index is 9.60. The lowest BCUT2D eigenvalue weighted by molar-refractivity contribution is 0.171. The van der Waals surface area contributed by atoms with E-state index in [0.29, 0.717) is 24.4 Å². The molecule has 0 bridgehead atoms. The molecule has 6 nitrogen and oxygen atoms in total. The molecular formula is C21H16N4O2. The number of para-hydroxylation sites is 2. The first-order valence-corrected chi connectivity index (χ1v) is 8.72. The van der Waals surface area contributed by atoms with Crippen LogP contribution >= 0.6 is 0 Å². The Morgan fingerprint density at radius 3 is 2.74 bits per heavy atom. The van der Waals surface area contributed by atoms with Crippen molar-refractivity contribution in [3.05, 3.63) is 59.7 Å². The molecule has 0 amide bonds. The second kappa shape index (κ2) is 5.92. The minimum Gasteiger partial charge on any atom is -0.486 e. The zero-order valence-electron chi connectivity index (χ0n) is 14.7. The van der Waals surface area contributed by atoms with Crippen molar-refractivity contribution in [3.63, 3.8) is 0 Å². The predicted octanol–water partition coefficient (Wildman–Crippen LogP) is 4.18. The van der Waals surface area contributed by atoms with E-state index < -0.39 is 0 Å². The van der Waals surface area contributed by atoms with E-state index in [1.807, 2.05) is 59.9 Å². The third kappa shape index (κ3) is 2.44. The third-order valence-corrected chi connectivity index (χ3v) is 4.70. The maximum atomic E-state index is 9.60. The van der Waals surface area contributed by atoms with Crippen molar-refractivity contribution < 1.29 is 9.47 Å². The Hall–Kier alpha value is -3.72. The maximum Gasteiger partial charge on any atom is 0.163 e. The molecule has 0 fully saturated rings. The first-order chi connectivity index (χ1) is 13.2. The first kappa shape index (κ1) is 15.5. The molecule has 1 aliphatic rings. The van der Waals surface area contributed by atoms with Gasteiger partial charge in [-0.3, -0.25) is 4.40 Å². The summed E-state index contributed by atoms with van der Waals surface area (Å²) in [6, 6.07) is 17.9. The molecule has 1 N–H and O–H groups in total. The highest BCUT2D eigenvalue weighted by Crippen LogP contribution is 2.34. The lowest BCUT2D eigenvalue weighted by Crippen LogP contribution is -2.15. The van der Waals surface area contributed by atoms with Crippen LogP contribution in [0.1, 0.15) is 11.1 Å². The van der Waals surface area contributed by atoms with Crippen LogP contribution in [0.3, 0.4) is 0 Å². The van der Waals surface area contributed by atoms with E-state index in [9.17, 15) is 5.26 Å². The second-order valence-corrected chi connectivity index (χ2v) is 6.44. The molecule has 0 saturated carbocycles. The van der Waals surface area contributed by atoms with Crippen LogP contribution in [0.2, 0.25) is 0 Å². The summed E-state index contributed by atoms with van der Waals surface area (Å²) in [7, 11) is 0. The largest absolute Gasteiger partial charge is 0.486 e. The Bertz CT molecular complexity index is 1240. The molecule has 0 radical (unpaired) electrons. The summed E-state index contributed by atoms with van der Waals surface area (Å²) in [6.45, 7) is 3.03. The SMILES string of the molecule is Cc1cc(Nc2ccc3c(c2)OCCO3)n2c(nc3ccccc32)c1C#N. The molecule has 27 heavy (non-hydrogen) atoms. The standard InChI is InChI=1S/C21H16N4O2/c1-13-10-20(23-14-6-7-18-19(11-14)27-9-8-26-18)25-17-5-3-2-4-16(17)24-21(25)15(13)12-22/h2-7,10-11,23H,8-9H2,1H3. The fourth-order valence-electron chi connectivity index (χ4n) is 3.45. The van der Waals surface area contributed by atoms with Gasteiger partial charge in [-0.1, -0.05) is 12.1 Å². The second-order valence-electron chi connectivity index (χ2n) is 6.44. The molecule has 2 aromatic carbocycles. The highest BCUT2D eigenvalue weighted by atomic mass is 16.6. The lowest BCUT2D eigenvalue weighted by Gasteiger charge is -2.19. The summed E-state index contributed by atoms with van der Waals surface area (Å²) in [6.07, 6.45) is 0. The van der Waals surface area contributed by atoms with Crippen molar-refractivity contribution in [1.82, 2.24) is 9.38 Å². The average molecular weight is 356 g/mol. The number of fused-ring (bicyclic) bond motifs is 4. The van der Waals surface area contributed by atoms with Crippen molar-refractivity contribution in [2.45, 2.75) is 6.92 Å². The number of nitrogens with one attached hydrogen (secondary N) is 1. The number of rotatable bonds is 2. The van der Waals surface area contributed by atoms with Crippen LogP contribution < -0.4 is 14.8 Å². The van der Waals surface area contributed by atoms with Gasteiger partial charge in [-0.25, -0.2) is 4.98 Å². The molecule has 0 spiro atoms. The molecule has 3 heterocycles. The Labute approximate surface area is 155 Å². The van der Waals surface area contributed by atoms with Crippen LogP contribution in [0, 0.1) is 18.3 Å². The number of aromatic nitrogens is 2. The van der Waals surface area contributed by atoms with E-state index in [0.717, 1.165) is 39.6 Å². The smallest absolute Gasteiger partial charge is 0.163 e. The van der Waals surface area contributed by atoms with Gasteiger partial charge in [-0.2, -0.15) is 5.26 Å². The number of pyridine rings is 1. The van der Waals surface area contributed by atoms with E-state index in [1.165, 1.54) is 0 Å². The molecule has 0 unspecified atom stereocenters. The normalized spacial score (nSPS) is 12.9. The summed E-state index contributed by atoms with van der Waals surface area (Å²) >= 11 is 0. The molecule has 6 heteroatoms. The van der Waals surface area contributed by atoms with Gasteiger partial charge >= 0.3 is 0 Å². The van der Waals surface area contributed by atoms with Gasteiger partial charge in [0.1, 0.15) is 25.1 Å². The van der Waals surface area contributed by atoms with Crippen LogP contribution in [0.15, 0.2) is 48.5 Å². The van der Waals surface area contributed by atoms with Crippen LogP contribution in [0.25, 0.3) is 16.7 Å². The van der Waals surface area contributed by atoms with Crippen molar-refractivity contribution in [2.75, 3.05) is 18.5 Å². The summed E-state index contributed by atoms with van der Waals surface area (Å²) in [5, 5.41) is 13.0. The minimum absolute atomic E-state index is 0.544. The van der Waals surface area contributed by atoms with Crippen LogP contribution in [-0.2, 0) is 0 Å². The van der Waals surface area contributed by atoms with Gasteiger partial charge in [0.15, 0.2) is 17.1 Å². The molecular weight excluding hydrogens is 340 g/mol. The Balaban J connectivity index is 1.70. The van der Waals surface area contributed by atoms with Crippen LogP contribution in [-0.4, -0.2) is 22.6 Å². The zero-order valence-corrected chi connectivity index (χ0v) is 14.7. The third-order valence-electron chi connectivity index (χ3n) is 4.70. The Kier molecular flexibility index (Phi) is 3.41. The fraction of sp³-hybridized carbons (Fsp3) is 0.143. The number of anilines is 2. The fourth-order valence-corrected chi connectivity index (χ4v) is 3.45. The highest BCUT2D eigenvalue weighted by molar-refractivity contribution is 5.85. The summed E-state index contributed by atoms with van der Waals surface area (Å²) in [4.78, 5) is 4.68. The van der Waals surface area contributed by atoms with Crippen molar-refractivity contribution in [2.24, 2.45) is 0 Å². The number of aryl methyl sites for hydroxylation is 1. The minimum atomic E-state index is 0.544. The molecule has 0 atom stereocenters. The Morgan fingerprint density at radius 1 is 1.07 bits per heavy atom. The van der Waals surface area contributed by atoms with Crippen molar-refractivity contribution >= 4 is 28.2 Å². The van der Waals surface area contributed by atoms with Gasteiger partial charge in [0.2, 0.25) is 0 Å². The Morgan fingerprint density at radius 2 is 1.89 bits per heavy atom. The quantitative estimate of drug-likeness (QED) is 0.583. The van der Waals surface area contributed by atoms with E-state index >= 15 is 0 Å². The van der Waals surface area contributed by atoms with E-state index in [4.69, 9.17) is 9.47 Å². The monoisotopic (exact) mass is 356 g/mol. The van der Waals surface area contributed by atoms with Gasteiger partial charge in [-0.05, 0) is 42.8 Å². The molecule has 132 valence electrons. The molecule has 1 aliphatic heterocycles. The summed E-state index contributed by atoms with van der Waals surface area (Å²) < 4.78 is 13.3. The van der Waals surface area contributed by atoms with Gasteiger partial charge < -0.3 is 14.8 Å². The highest BCUT2D eigenvalue weighted by Gasteiger charge is 2.16. The summed E-state index contributed by atoms with van der Waals surface area (Å²) in [5.41, 5.74) is 4.79. The van der Waals surface area contributed by atoms with Crippen molar-refractivity contribution in [3.8, 4) is 17.6 Å². The first-order valence-electron chi connectivity index (χ1n) is 8.72. The van der Waals surface area contributed by atoms with Crippen LogP contribution in [0.5, 0.6) is 11.5 Å². The number of nitrogens with zero attached hydrogens (tertiary/aromatic N) is 3. The number of nitriles is 1. The van der Waals surface area contributed by atoms with Gasteiger partial charge in [0.05, 0.1) is 16.6 Å². The number of imidazole rings is 1. The zero-order chi connectivity index (χ0) is 18.4. The van der Waals surface area contributed by atoms with E-state index in [2.05, 4.69) is 16.4 Å². The summed E-state index contributed by atoms with van der Waals surface area (Å²) in [5.74, 6) is 2.32. The average Bonchev–Trinajstić information content (AvgIpc) is 3.07. The number of benzene rings is 2. The molecule has 2 aromatic heterocycles. The van der Waals surface area contributed by atoms with Gasteiger partial charge in [0, 0.05) is 11.8 Å². The van der Waals surface area contributed by atoms with E-state index in [1.54, 1.807) is 0 Å². The number of hydrogen-bond acceptors (Lipinski definition) is 5. The lowest BCUT2D eigenvalue weighted by atomic mass is 10.1. The van der Waals surface area contributed by atoms with E-state index in [-0.39, 0.29) is 0 Å². The van der Waals surface area contributed by atoms with Crippen LogP contribution in [0.4, 0.5) is 11.5 Å². The van der Waals surface area contributed by atoms with Gasteiger partial charge in [-0.15, -0.1) is 0 Å². The molecule has 0 saturated heterocycles. The number of ether oxygens (including phenoxy) is 2. The molecule has 4 aromatic rings. The van der Waals surface area contributed by atoms with Gasteiger partial charge in [0.25, 0.3) is 0 Å². The van der Waals surface area contributed by atoms with Crippen molar-refractivity contribution in [1.29, 1.82) is 5.26 Å². The number of hydrogen-bond donors (Lipinski definition) is 1. The molecule has 0 aliphatic carbocycles. The topological polar surface area (TPSA) is 71.6 Å².